The molecule has 2 N–H and O–H groups in total. The quantitative estimate of drug-likeness (QED) is 0.759. The van der Waals surface area contributed by atoms with Crippen molar-refractivity contribution in [1.29, 1.82) is 0 Å². The highest BCUT2D eigenvalue weighted by molar-refractivity contribution is 8.00. The zero-order chi connectivity index (χ0) is 15.1. The molecule has 0 aliphatic carbocycles. The van der Waals surface area contributed by atoms with Crippen LogP contribution in [0.25, 0.3) is 0 Å². The van der Waals surface area contributed by atoms with Crippen molar-refractivity contribution in [1.82, 2.24) is 5.32 Å². The molecule has 0 saturated heterocycles. The van der Waals surface area contributed by atoms with E-state index >= 15 is 0 Å². The third-order valence-electron chi connectivity index (χ3n) is 2.85. The van der Waals surface area contributed by atoms with Gasteiger partial charge in [-0.3, -0.25) is 4.79 Å². The van der Waals surface area contributed by atoms with Gasteiger partial charge in [0.15, 0.2) is 0 Å². The number of benzene rings is 1. The first-order valence-corrected chi connectivity index (χ1v) is 7.62. The van der Waals surface area contributed by atoms with Crippen molar-refractivity contribution in [3.63, 3.8) is 0 Å². The largest absolute Gasteiger partial charge is 0.478 e. The molecular formula is C15H21NO3S. The molecule has 4 nitrogen and oxygen atoms in total. The third-order valence-corrected chi connectivity index (χ3v) is 3.85. The lowest BCUT2D eigenvalue weighted by molar-refractivity contribution is -0.118. The molecule has 0 atom stereocenters. The summed E-state index contributed by atoms with van der Waals surface area (Å²) < 4.78 is 0. The molecule has 0 unspecified atom stereocenters. The Morgan fingerprint density at radius 2 is 2.05 bits per heavy atom. The number of carbonyl (C=O) groups excluding carboxylic acids is 1. The third kappa shape index (κ3) is 5.65. The first-order valence-electron chi connectivity index (χ1n) is 6.63. The van der Waals surface area contributed by atoms with E-state index in [9.17, 15) is 9.59 Å². The van der Waals surface area contributed by atoms with Gasteiger partial charge < -0.3 is 10.4 Å². The number of nitrogens with one attached hydrogen (secondary N) is 1. The molecule has 1 aromatic rings. The van der Waals surface area contributed by atoms with Gasteiger partial charge in [0.1, 0.15) is 0 Å². The smallest absolute Gasteiger partial charge is 0.335 e. The summed E-state index contributed by atoms with van der Waals surface area (Å²) in [6.07, 6.45) is 0.962. The Kier molecular flexibility index (Phi) is 6.58. The number of carbonyl (C=O) groups is 2. The number of aryl methyl sites for hydroxylation is 1. The van der Waals surface area contributed by atoms with Crippen LogP contribution in [-0.4, -0.2) is 29.3 Å². The fourth-order valence-electron chi connectivity index (χ4n) is 1.62. The predicted molar refractivity (Wildman–Crippen MR) is 81.3 cm³/mol. The van der Waals surface area contributed by atoms with Gasteiger partial charge in [0.05, 0.1) is 11.3 Å². The molecule has 110 valence electrons. The molecule has 0 heterocycles. The summed E-state index contributed by atoms with van der Waals surface area (Å²) in [7, 11) is 0. The second-order valence-electron chi connectivity index (χ2n) is 5.10. The normalized spacial score (nSPS) is 10.6. The van der Waals surface area contributed by atoms with E-state index in [4.69, 9.17) is 5.11 Å². The van der Waals surface area contributed by atoms with Gasteiger partial charge in [-0.15, -0.1) is 11.8 Å². The molecule has 0 aliphatic heterocycles. The molecule has 0 spiro atoms. The average Bonchev–Trinajstić information content (AvgIpc) is 2.37. The van der Waals surface area contributed by atoms with Gasteiger partial charge in [-0.2, -0.15) is 0 Å². The number of amides is 1. The molecule has 0 radical (unpaired) electrons. The average molecular weight is 295 g/mol. The summed E-state index contributed by atoms with van der Waals surface area (Å²) in [5.41, 5.74) is 1.01. The van der Waals surface area contributed by atoms with Crippen molar-refractivity contribution in [2.75, 3.05) is 12.3 Å². The van der Waals surface area contributed by atoms with Gasteiger partial charge in [-0.1, -0.05) is 19.9 Å². The lowest BCUT2D eigenvalue weighted by atomic mass is 10.1. The predicted octanol–water partition coefficient (Wildman–Crippen LogP) is 2.95. The second kappa shape index (κ2) is 7.94. The fraction of sp³-hybridized carbons (Fsp3) is 0.467. The van der Waals surface area contributed by atoms with Crippen LogP contribution in [0.5, 0.6) is 0 Å². The molecule has 0 bridgehead atoms. The molecule has 0 fully saturated rings. The molecule has 5 heteroatoms. The zero-order valence-electron chi connectivity index (χ0n) is 12.1. The van der Waals surface area contributed by atoms with Gasteiger partial charge in [0, 0.05) is 11.4 Å². The Balaban J connectivity index is 2.47. The summed E-state index contributed by atoms with van der Waals surface area (Å²) in [6.45, 7) is 6.67. The van der Waals surface area contributed by atoms with Gasteiger partial charge >= 0.3 is 5.97 Å². The molecule has 20 heavy (non-hydrogen) atoms. The van der Waals surface area contributed by atoms with Crippen LogP contribution in [0, 0.1) is 12.8 Å². The van der Waals surface area contributed by atoms with E-state index in [1.165, 1.54) is 11.8 Å². The van der Waals surface area contributed by atoms with E-state index in [0.717, 1.165) is 16.9 Å². The van der Waals surface area contributed by atoms with Crippen LogP contribution >= 0.6 is 11.8 Å². The summed E-state index contributed by atoms with van der Waals surface area (Å²) >= 11 is 1.35. The van der Waals surface area contributed by atoms with Crippen molar-refractivity contribution in [3.05, 3.63) is 29.3 Å². The molecular weight excluding hydrogens is 274 g/mol. The van der Waals surface area contributed by atoms with Crippen molar-refractivity contribution >= 4 is 23.6 Å². The van der Waals surface area contributed by atoms with Crippen molar-refractivity contribution in [3.8, 4) is 0 Å². The van der Waals surface area contributed by atoms with Crippen molar-refractivity contribution in [2.24, 2.45) is 5.92 Å². The summed E-state index contributed by atoms with van der Waals surface area (Å²) in [5, 5.41) is 11.9. The first kappa shape index (κ1) is 16.6. The number of carboxylic acid groups (broad SMARTS) is 1. The van der Waals surface area contributed by atoms with E-state index in [1.54, 1.807) is 19.1 Å². The molecule has 1 rings (SSSR count). The van der Waals surface area contributed by atoms with Gasteiger partial charge in [-0.05, 0) is 37.0 Å². The van der Waals surface area contributed by atoms with Crippen LogP contribution < -0.4 is 5.32 Å². The van der Waals surface area contributed by atoms with E-state index < -0.39 is 5.97 Å². The number of hydrogen-bond donors (Lipinski definition) is 2. The second-order valence-corrected chi connectivity index (χ2v) is 6.15. The molecule has 0 aliphatic rings. The summed E-state index contributed by atoms with van der Waals surface area (Å²) in [4.78, 5) is 23.5. The first-order chi connectivity index (χ1) is 9.40. The van der Waals surface area contributed by atoms with E-state index in [1.807, 2.05) is 6.07 Å². The van der Waals surface area contributed by atoms with E-state index in [2.05, 4.69) is 19.2 Å². The number of thioether (sulfide) groups is 1. The topological polar surface area (TPSA) is 66.4 Å². The maximum atomic E-state index is 11.6. The van der Waals surface area contributed by atoms with Crippen LogP contribution in [0.1, 0.15) is 36.2 Å². The maximum Gasteiger partial charge on any atom is 0.335 e. The Bertz CT molecular complexity index is 486. The summed E-state index contributed by atoms with van der Waals surface area (Å²) in [6, 6.07) is 5.22. The van der Waals surface area contributed by atoms with Crippen LogP contribution in [0.4, 0.5) is 0 Å². The highest BCUT2D eigenvalue weighted by Crippen LogP contribution is 2.21. The summed E-state index contributed by atoms with van der Waals surface area (Å²) in [5.74, 6) is -0.0853. The number of carboxylic acids is 1. The number of hydrogen-bond acceptors (Lipinski definition) is 3. The minimum atomic E-state index is -0.939. The van der Waals surface area contributed by atoms with Crippen LogP contribution in [-0.2, 0) is 4.79 Å². The Labute approximate surface area is 124 Å². The Morgan fingerprint density at radius 1 is 1.35 bits per heavy atom. The molecule has 0 aromatic heterocycles. The van der Waals surface area contributed by atoms with Gasteiger partial charge in [-0.25, -0.2) is 4.79 Å². The highest BCUT2D eigenvalue weighted by Gasteiger charge is 2.09. The lowest BCUT2D eigenvalue weighted by Gasteiger charge is -2.08. The molecule has 1 amide bonds. The molecule has 1 aromatic carbocycles. The van der Waals surface area contributed by atoms with E-state index in [-0.39, 0.29) is 11.5 Å². The monoisotopic (exact) mass is 295 g/mol. The van der Waals surface area contributed by atoms with E-state index in [0.29, 0.717) is 18.2 Å². The lowest BCUT2D eigenvalue weighted by Crippen LogP contribution is -2.26. The Morgan fingerprint density at radius 3 is 2.65 bits per heavy atom. The Hall–Kier alpha value is -1.49. The van der Waals surface area contributed by atoms with Crippen LogP contribution in [0.15, 0.2) is 23.1 Å². The van der Waals surface area contributed by atoms with Crippen molar-refractivity contribution < 1.29 is 14.7 Å². The van der Waals surface area contributed by atoms with Crippen LogP contribution in [0.3, 0.4) is 0 Å². The molecule has 0 saturated carbocycles. The van der Waals surface area contributed by atoms with Gasteiger partial charge in [0.25, 0.3) is 0 Å². The van der Waals surface area contributed by atoms with Crippen molar-refractivity contribution in [2.45, 2.75) is 32.1 Å². The zero-order valence-corrected chi connectivity index (χ0v) is 12.9. The minimum Gasteiger partial charge on any atom is -0.478 e. The standard InChI is InChI=1S/C15H21NO3S/c1-10(2)6-7-16-14(17)9-20-12-5-4-11(3)13(8-12)15(18)19/h4-5,8,10H,6-7,9H2,1-3H3,(H,16,17)(H,18,19). The van der Waals surface area contributed by atoms with Crippen LogP contribution in [0.2, 0.25) is 0 Å². The number of aromatic carboxylic acids is 1. The maximum absolute atomic E-state index is 11.6. The highest BCUT2D eigenvalue weighted by atomic mass is 32.2. The minimum absolute atomic E-state index is 0.0203. The fourth-order valence-corrected chi connectivity index (χ4v) is 2.39. The SMILES string of the molecule is Cc1ccc(SCC(=O)NCCC(C)C)cc1C(=O)O. The number of rotatable bonds is 7. The van der Waals surface area contributed by atoms with Gasteiger partial charge in [0.2, 0.25) is 5.91 Å².